The van der Waals surface area contributed by atoms with Crippen molar-refractivity contribution >= 4 is 5.91 Å². The van der Waals surface area contributed by atoms with Crippen LogP contribution in [0.1, 0.15) is 38.5 Å². The van der Waals surface area contributed by atoms with E-state index < -0.39 is 0 Å². The predicted octanol–water partition coefficient (Wildman–Crippen LogP) is 0.784. The highest BCUT2D eigenvalue weighted by Crippen LogP contribution is 2.37. The van der Waals surface area contributed by atoms with Gasteiger partial charge in [-0.1, -0.05) is 12.8 Å². The maximum Gasteiger partial charge on any atom is 0.221 e. The summed E-state index contributed by atoms with van der Waals surface area (Å²) >= 11 is 0. The van der Waals surface area contributed by atoms with E-state index in [1.54, 1.807) is 0 Å². The minimum Gasteiger partial charge on any atom is -0.369 e. The molecule has 3 N–H and O–H groups in total. The van der Waals surface area contributed by atoms with Crippen molar-refractivity contribution in [2.75, 3.05) is 6.54 Å². The molecule has 0 radical (unpaired) electrons. The second kappa shape index (κ2) is 3.29. The number of piperidine rings is 1. The van der Waals surface area contributed by atoms with Gasteiger partial charge in [-0.2, -0.15) is 0 Å². The highest BCUT2D eigenvalue weighted by Gasteiger charge is 2.38. The average molecular weight is 182 g/mol. The largest absolute Gasteiger partial charge is 0.369 e. The minimum absolute atomic E-state index is 0.0752. The van der Waals surface area contributed by atoms with Gasteiger partial charge in [0, 0.05) is 12.1 Å². The Hall–Kier alpha value is -0.570. The molecular weight excluding hydrogens is 164 g/mol. The lowest BCUT2D eigenvalue weighted by molar-refractivity contribution is -0.122. The van der Waals surface area contributed by atoms with Crippen LogP contribution in [0.25, 0.3) is 0 Å². The van der Waals surface area contributed by atoms with Gasteiger partial charge in [-0.25, -0.2) is 0 Å². The van der Waals surface area contributed by atoms with Crippen LogP contribution in [-0.2, 0) is 4.79 Å². The average Bonchev–Trinajstić information content (AvgIpc) is 2.54. The highest BCUT2D eigenvalue weighted by molar-refractivity contribution is 5.77. The zero-order chi connectivity index (χ0) is 9.31. The number of primary amides is 1. The monoisotopic (exact) mass is 182 g/mol. The van der Waals surface area contributed by atoms with Gasteiger partial charge in [0.05, 0.1) is 5.92 Å². The van der Waals surface area contributed by atoms with Gasteiger partial charge in [0.25, 0.3) is 0 Å². The van der Waals surface area contributed by atoms with Crippen LogP contribution < -0.4 is 11.1 Å². The number of hydrogen-bond acceptors (Lipinski definition) is 2. The summed E-state index contributed by atoms with van der Waals surface area (Å²) in [6.07, 6.45) is 7.39. The molecular formula is C10H18N2O. The van der Waals surface area contributed by atoms with Crippen molar-refractivity contribution < 1.29 is 4.79 Å². The van der Waals surface area contributed by atoms with Crippen LogP contribution in [0.15, 0.2) is 0 Å². The topological polar surface area (TPSA) is 55.1 Å². The fourth-order valence-corrected chi connectivity index (χ4v) is 2.70. The van der Waals surface area contributed by atoms with Crippen LogP contribution >= 0.6 is 0 Å². The number of carbonyl (C=O) groups is 1. The van der Waals surface area contributed by atoms with Crippen LogP contribution in [0.2, 0.25) is 0 Å². The quantitative estimate of drug-likeness (QED) is 0.629. The third kappa shape index (κ3) is 1.70. The van der Waals surface area contributed by atoms with Gasteiger partial charge in [0.15, 0.2) is 0 Å². The van der Waals surface area contributed by atoms with Crippen molar-refractivity contribution in [1.29, 1.82) is 0 Å². The maximum atomic E-state index is 10.9. The molecule has 1 spiro atoms. The molecule has 1 saturated carbocycles. The van der Waals surface area contributed by atoms with Gasteiger partial charge in [0.1, 0.15) is 0 Å². The fraction of sp³-hybridized carbons (Fsp3) is 0.900. The summed E-state index contributed by atoms with van der Waals surface area (Å²) in [7, 11) is 0. The van der Waals surface area contributed by atoms with E-state index in [9.17, 15) is 4.79 Å². The molecule has 74 valence electrons. The molecule has 0 aromatic carbocycles. The number of rotatable bonds is 1. The Morgan fingerprint density at radius 3 is 2.46 bits per heavy atom. The number of amides is 1. The Balaban J connectivity index is 1.91. The molecule has 13 heavy (non-hydrogen) atoms. The van der Waals surface area contributed by atoms with E-state index >= 15 is 0 Å². The lowest BCUT2D eigenvalue weighted by atomic mass is 9.83. The molecule has 1 saturated heterocycles. The van der Waals surface area contributed by atoms with Gasteiger partial charge < -0.3 is 11.1 Å². The zero-order valence-corrected chi connectivity index (χ0v) is 8.01. The molecule has 1 heterocycles. The van der Waals surface area contributed by atoms with E-state index in [0.717, 1.165) is 19.4 Å². The maximum absolute atomic E-state index is 10.9. The third-order valence-electron chi connectivity index (χ3n) is 3.66. The molecule has 3 nitrogen and oxygen atoms in total. The van der Waals surface area contributed by atoms with Gasteiger partial charge in [-0.05, 0) is 25.7 Å². The number of carbonyl (C=O) groups excluding carboxylic acids is 1. The molecule has 1 aliphatic carbocycles. The normalized spacial score (nSPS) is 32.2. The Kier molecular flexibility index (Phi) is 2.28. The first-order valence-electron chi connectivity index (χ1n) is 5.26. The first-order chi connectivity index (χ1) is 6.22. The zero-order valence-electron chi connectivity index (χ0n) is 8.01. The predicted molar refractivity (Wildman–Crippen MR) is 51.1 cm³/mol. The number of nitrogens with two attached hydrogens (primary N) is 1. The third-order valence-corrected chi connectivity index (χ3v) is 3.66. The summed E-state index contributed by atoms with van der Waals surface area (Å²) in [5, 5.41) is 3.53. The van der Waals surface area contributed by atoms with E-state index in [0.29, 0.717) is 5.54 Å². The molecule has 0 aromatic heterocycles. The highest BCUT2D eigenvalue weighted by atomic mass is 16.1. The smallest absolute Gasteiger partial charge is 0.221 e. The van der Waals surface area contributed by atoms with E-state index in [4.69, 9.17) is 5.73 Å². The van der Waals surface area contributed by atoms with Crippen LogP contribution in [0.5, 0.6) is 0 Å². The molecule has 0 aromatic rings. The molecule has 0 bridgehead atoms. The lowest BCUT2D eigenvalue weighted by Crippen LogP contribution is -2.51. The first-order valence-corrected chi connectivity index (χ1v) is 5.26. The Labute approximate surface area is 79.1 Å². The summed E-state index contributed by atoms with van der Waals surface area (Å²) < 4.78 is 0. The van der Waals surface area contributed by atoms with Crippen LogP contribution in [0.3, 0.4) is 0 Å². The van der Waals surface area contributed by atoms with Gasteiger partial charge in [-0.3, -0.25) is 4.79 Å². The SMILES string of the molecule is NC(=O)C1CCC2(CCCC2)NC1. The van der Waals surface area contributed by atoms with Crippen molar-refractivity contribution in [1.82, 2.24) is 5.32 Å². The summed E-state index contributed by atoms with van der Waals surface area (Å²) in [5.41, 5.74) is 5.66. The van der Waals surface area contributed by atoms with Gasteiger partial charge in [-0.15, -0.1) is 0 Å². The Morgan fingerprint density at radius 2 is 2.00 bits per heavy atom. The second-order valence-corrected chi connectivity index (χ2v) is 4.51. The van der Waals surface area contributed by atoms with E-state index in [-0.39, 0.29) is 11.8 Å². The van der Waals surface area contributed by atoms with Crippen molar-refractivity contribution in [3.05, 3.63) is 0 Å². The summed E-state index contributed by atoms with van der Waals surface area (Å²) in [5.74, 6) is -0.0634. The molecule has 2 rings (SSSR count). The Bertz CT molecular complexity index is 199. The van der Waals surface area contributed by atoms with Crippen molar-refractivity contribution in [2.24, 2.45) is 11.7 Å². The first kappa shape index (κ1) is 9.00. The molecule has 1 atom stereocenters. The van der Waals surface area contributed by atoms with Crippen molar-refractivity contribution in [3.8, 4) is 0 Å². The van der Waals surface area contributed by atoms with E-state index in [2.05, 4.69) is 5.32 Å². The Morgan fingerprint density at radius 1 is 1.31 bits per heavy atom. The molecule has 1 aliphatic heterocycles. The molecule has 2 aliphatic rings. The summed E-state index contributed by atoms with van der Waals surface area (Å²) in [4.78, 5) is 10.9. The summed E-state index contributed by atoms with van der Waals surface area (Å²) in [6, 6.07) is 0. The van der Waals surface area contributed by atoms with Crippen LogP contribution in [0, 0.1) is 5.92 Å². The van der Waals surface area contributed by atoms with Crippen molar-refractivity contribution in [2.45, 2.75) is 44.1 Å². The molecule has 3 heteroatoms. The van der Waals surface area contributed by atoms with Gasteiger partial charge in [0.2, 0.25) is 5.91 Å². The van der Waals surface area contributed by atoms with E-state index in [1.165, 1.54) is 25.7 Å². The molecule has 2 fully saturated rings. The standard InChI is InChI=1S/C10H18N2O/c11-9(13)8-3-6-10(12-7-8)4-1-2-5-10/h8,12H,1-7H2,(H2,11,13). The van der Waals surface area contributed by atoms with Crippen molar-refractivity contribution in [3.63, 3.8) is 0 Å². The fourth-order valence-electron chi connectivity index (χ4n) is 2.70. The van der Waals surface area contributed by atoms with Crippen LogP contribution in [0.4, 0.5) is 0 Å². The molecule has 1 amide bonds. The lowest BCUT2D eigenvalue weighted by Gasteiger charge is -2.37. The number of nitrogens with one attached hydrogen (secondary N) is 1. The minimum atomic E-state index is -0.139. The molecule has 1 unspecified atom stereocenters. The van der Waals surface area contributed by atoms with Gasteiger partial charge >= 0.3 is 0 Å². The van der Waals surface area contributed by atoms with Crippen LogP contribution in [-0.4, -0.2) is 18.0 Å². The number of hydrogen-bond donors (Lipinski definition) is 2. The van der Waals surface area contributed by atoms with E-state index in [1.807, 2.05) is 0 Å². The second-order valence-electron chi connectivity index (χ2n) is 4.51. The summed E-state index contributed by atoms with van der Waals surface area (Å²) in [6.45, 7) is 0.801.